The number of rotatable bonds is 5. The molecular formula is C19H17ClN2O4S. The van der Waals surface area contributed by atoms with Crippen molar-refractivity contribution in [1.29, 1.82) is 0 Å². The molecule has 1 aromatic heterocycles. The summed E-state index contributed by atoms with van der Waals surface area (Å²) in [4.78, 5) is 28.1. The van der Waals surface area contributed by atoms with Crippen molar-refractivity contribution in [2.75, 3.05) is 19.0 Å². The summed E-state index contributed by atoms with van der Waals surface area (Å²) in [6.07, 6.45) is 0. The number of fused-ring (bicyclic) bond motifs is 1. The molecule has 0 unspecified atom stereocenters. The summed E-state index contributed by atoms with van der Waals surface area (Å²) in [6, 6.07) is 8.74. The molecule has 2 aromatic carbocycles. The van der Waals surface area contributed by atoms with E-state index in [-0.39, 0.29) is 12.5 Å². The normalized spacial score (nSPS) is 10.7. The van der Waals surface area contributed by atoms with Crippen LogP contribution in [0.5, 0.6) is 5.75 Å². The van der Waals surface area contributed by atoms with E-state index in [9.17, 15) is 9.59 Å². The van der Waals surface area contributed by atoms with Crippen LogP contribution in [0.1, 0.15) is 21.5 Å². The van der Waals surface area contributed by atoms with E-state index in [1.54, 1.807) is 24.3 Å². The number of benzene rings is 2. The Labute approximate surface area is 165 Å². The van der Waals surface area contributed by atoms with E-state index in [4.69, 9.17) is 21.1 Å². The quantitative estimate of drug-likeness (QED) is 0.639. The highest BCUT2D eigenvalue weighted by Crippen LogP contribution is 2.30. The maximum absolute atomic E-state index is 12.2. The van der Waals surface area contributed by atoms with Gasteiger partial charge in [-0.25, -0.2) is 9.78 Å². The second-order valence-electron chi connectivity index (χ2n) is 5.92. The molecule has 3 aromatic rings. The Balaban J connectivity index is 1.68. The Morgan fingerprint density at radius 3 is 2.70 bits per heavy atom. The Morgan fingerprint density at radius 2 is 2.00 bits per heavy atom. The van der Waals surface area contributed by atoms with Crippen LogP contribution in [0.3, 0.4) is 0 Å². The second kappa shape index (κ2) is 7.94. The number of carbonyl (C=O) groups is 2. The van der Waals surface area contributed by atoms with E-state index in [2.05, 4.69) is 10.3 Å². The zero-order valence-electron chi connectivity index (χ0n) is 15.0. The molecule has 0 radical (unpaired) electrons. The molecule has 1 heterocycles. The molecule has 0 aliphatic rings. The number of hydrogen-bond acceptors (Lipinski definition) is 6. The third-order valence-corrected chi connectivity index (χ3v) is 4.99. The number of amides is 1. The van der Waals surface area contributed by atoms with Crippen LogP contribution in [0.15, 0.2) is 30.3 Å². The van der Waals surface area contributed by atoms with Crippen molar-refractivity contribution in [3.63, 3.8) is 0 Å². The molecular weight excluding hydrogens is 388 g/mol. The molecule has 0 spiro atoms. The lowest BCUT2D eigenvalue weighted by Gasteiger charge is -2.11. The molecule has 0 saturated heterocycles. The summed E-state index contributed by atoms with van der Waals surface area (Å²) in [5.74, 6) is -0.280. The van der Waals surface area contributed by atoms with E-state index in [1.165, 1.54) is 18.4 Å². The fourth-order valence-corrected chi connectivity index (χ4v) is 3.90. The van der Waals surface area contributed by atoms with E-state index < -0.39 is 5.97 Å². The number of methoxy groups -OCH3 is 1. The lowest BCUT2D eigenvalue weighted by molar-refractivity contribution is -0.118. The Bertz CT molecular complexity index is 1010. The Morgan fingerprint density at radius 1 is 1.22 bits per heavy atom. The van der Waals surface area contributed by atoms with Gasteiger partial charge >= 0.3 is 5.97 Å². The number of hydrogen-bond donors (Lipinski definition) is 1. The standard InChI is InChI=1S/C19H17ClN2O4S/c1-10-6-11(2)17(13(20)7-10)26-9-16(23)22-19-21-14-5-4-12(18(24)25-3)8-15(14)27-19/h4-8H,9H2,1-3H3,(H,21,22,23). The highest BCUT2D eigenvalue weighted by Gasteiger charge is 2.13. The van der Waals surface area contributed by atoms with Crippen LogP contribution < -0.4 is 10.1 Å². The average molecular weight is 405 g/mol. The van der Waals surface area contributed by atoms with Gasteiger partial charge in [0.2, 0.25) is 0 Å². The molecule has 0 bridgehead atoms. The van der Waals surface area contributed by atoms with Gasteiger partial charge in [0.25, 0.3) is 5.91 Å². The number of thiazole rings is 1. The molecule has 0 aliphatic carbocycles. The van der Waals surface area contributed by atoms with Crippen molar-refractivity contribution in [1.82, 2.24) is 4.98 Å². The first-order valence-corrected chi connectivity index (χ1v) is 9.25. The van der Waals surface area contributed by atoms with Gasteiger partial charge in [0.15, 0.2) is 11.7 Å². The first kappa shape index (κ1) is 19.1. The van der Waals surface area contributed by atoms with Gasteiger partial charge in [0.05, 0.1) is 27.9 Å². The molecule has 0 fully saturated rings. The highest BCUT2D eigenvalue weighted by atomic mass is 35.5. The third kappa shape index (κ3) is 4.37. The average Bonchev–Trinajstić information content (AvgIpc) is 3.01. The molecule has 3 rings (SSSR count). The summed E-state index contributed by atoms with van der Waals surface area (Å²) in [5, 5.41) is 3.59. The van der Waals surface area contributed by atoms with Crippen LogP contribution in [-0.4, -0.2) is 30.6 Å². The van der Waals surface area contributed by atoms with Crippen molar-refractivity contribution >= 4 is 50.2 Å². The molecule has 1 N–H and O–H groups in total. The largest absolute Gasteiger partial charge is 0.482 e. The highest BCUT2D eigenvalue weighted by molar-refractivity contribution is 7.22. The molecule has 0 atom stereocenters. The second-order valence-corrected chi connectivity index (χ2v) is 7.36. The minimum atomic E-state index is -0.422. The SMILES string of the molecule is COC(=O)c1ccc2nc(NC(=O)COc3c(C)cc(C)cc3Cl)sc2c1. The Hall–Kier alpha value is -2.64. The molecule has 140 valence electrons. The van der Waals surface area contributed by atoms with Crippen LogP contribution in [0.25, 0.3) is 10.2 Å². The van der Waals surface area contributed by atoms with Crippen LogP contribution in [0.2, 0.25) is 5.02 Å². The molecule has 0 aliphatic heterocycles. The van der Waals surface area contributed by atoms with E-state index in [0.717, 1.165) is 15.8 Å². The summed E-state index contributed by atoms with van der Waals surface area (Å²) < 4.78 is 11.0. The molecule has 8 heteroatoms. The predicted octanol–water partition coefficient (Wildman–Crippen LogP) is 4.37. The number of carbonyl (C=O) groups excluding carboxylic acids is 2. The maximum Gasteiger partial charge on any atom is 0.337 e. The third-order valence-electron chi connectivity index (χ3n) is 3.78. The summed E-state index contributed by atoms with van der Waals surface area (Å²) in [7, 11) is 1.33. The zero-order valence-corrected chi connectivity index (χ0v) is 16.5. The molecule has 0 saturated carbocycles. The van der Waals surface area contributed by atoms with Gasteiger partial charge in [-0.05, 0) is 49.2 Å². The van der Waals surface area contributed by atoms with Gasteiger partial charge in [0.1, 0.15) is 5.75 Å². The van der Waals surface area contributed by atoms with Crippen LogP contribution >= 0.6 is 22.9 Å². The van der Waals surface area contributed by atoms with Gasteiger partial charge in [-0.1, -0.05) is 29.0 Å². The summed E-state index contributed by atoms with van der Waals surface area (Å²) in [6.45, 7) is 3.62. The number of aromatic nitrogens is 1. The van der Waals surface area contributed by atoms with Crippen LogP contribution in [-0.2, 0) is 9.53 Å². The van der Waals surface area contributed by atoms with E-state index >= 15 is 0 Å². The molecule has 27 heavy (non-hydrogen) atoms. The Kier molecular flexibility index (Phi) is 5.62. The first-order valence-electron chi connectivity index (χ1n) is 8.05. The first-order chi connectivity index (χ1) is 12.9. The van der Waals surface area contributed by atoms with Gasteiger partial charge < -0.3 is 9.47 Å². The van der Waals surface area contributed by atoms with Crippen molar-refractivity contribution in [2.45, 2.75) is 13.8 Å². The maximum atomic E-state index is 12.2. The summed E-state index contributed by atoms with van der Waals surface area (Å²) in [5.41, 5.74) is 3.00. The van der Waals surface area contributed by atoms with Crippen molar-refractivity contribution in [2.24, 2.45) is 0 Å². The number of esters is 1. The predicted molar refractivity (Wildman–Crippen MR) is 106 cm³/mol. The van der Waals surface area contributed by atoms with Gasteiger partial charge in [-0.3, -0.25) is 10.1 Å². The topological polar surface area (TPSA) is 77.5 Å². The van der Waals surface area contributed by atoms with E-state index in [1.807, 2.05) is 19.9 Å². The van der Waals surface area contributed by atoms with Gasteiger partial charge in [0, 0.05) is 0 Å². The number of aryl methyl sites for hydroxylation is 2. The lowest BCUT2D eigenvalue weighted by Crippen LogP contribution is -2.20. The molecule has 1 amide bonds. The van der Waals surface area contributed by atoms with Crippen LogP contribution in [0, 0.1) is 13.8 Å². The van der Waals surface area contributed by atoms with Crippen LogP contribution in [0.4, 0.5) is 5.13 Å². The zero-order chi connectivity index (χ0) is 19.6. The smallest absolute Gasteiger partial charge is 0.337 e. The minimum Gasteiger partial charge on any atom is -0.482 e. The molecule has 6 nitrogen and oxygen atoms in total. The summed E-state index contributed by atoms with van der Waals surface area (Å²) >= 11 is 7.44. The number of nitrogens with zero attached hydrogens (tertiary/aromatic N) is 1. The minimum absolute atomic E-state index is 0.188. The van der Waals surface area contributed by atoms with Crippen molar-refractivity contribution in [3.05, 3.63) is 52.0 Å². The van der Waals surface area contributed by atoms with E-state index in [0.29, 0.717) is 27.0 Å². The van der Waals surface area contributed by atoms with Gasteiger partial charge in [-0.2, -0.15) is 0 Å². The number of anilines is 1. The van der Waals surface area contributed by atoms with Crippen molar-refractivity contribution < 1.29 is 19.1 Å². The fraction of sp³-hybridized carbons (Fsp3) is 0.211. The fourth-order valence-electron chi connectivity index (χ4n) is 2.60. The monoisotopic (exact) mass is 404 g/mol. The number of halogens is 1. The lowest BCUT2D eigenvalue weighted by atomic mass is 10.1. The van der Waals surface area contributed by atoms with Crippen molar-refractivity contribution in [3.8, 4) is 5.75 Å². The number of nitrogens with one attached hydrogen (secondary N) is 1. The van der Waals surface area contributed by atoms with Gasteiger partial charge in [-0.15, -0.1) is 0 Å². The number of ether oxygens (including phenoxy) is 2.